The van der Waals surface area contributed by atoms with E-state index in [9.17, 15) is 8.42 Å². The van der Waals surface area contributed by atoms with Crippen molar-refractivity contribution in [3.63, 3.8) is 0 Å². The fraction of sp³-hybridized carbons (Fsp3) is 0. The zero-order valence-electron chi connectivity index (χ0n) is 9.13. The Morgan fingerprint density at radius 3 is 2.41 bits per heavy atom. The number of rotatable bonds is 3. The maximum atomic E-state index is 11.9. The van der Waals surface area contributed by atoms with Gasteiger partial charge in [0.15, 0.2) is 9.84 Å². The van der Waals surface area contributed by atoms with Gasteiger partial charge in [-0.1, -0.05) is 49.0 Å². The standard InChI is InChI=1S/C14H11O2S/c1-2-17(15,16)14-11-7-6-10-13(14)12-8-4-3-5-9-12/h2-9,11H,1H2. The van der Waals surface area contributed by atoms with Gasteiger partial charge in [-0.05, 0) is 17.7 Å². The minimum atomic E-state index is -3.44. The second kappa shape index (κ2) is 4.55. The van der Waals surface area contributed by atoms with Crippen LogP contribution in [0.2, 0.25) is 0 Å². The molecule has 0 saturated carbocycles. The van der Waals surface area contributed by atoms with Crippen molar-refractivity contribution >= 4 is 9.84 Å². The predicted octanol–water partition coefficient (Wildman–Crippen LogP) is 3.07. The molecule has 0 heterocycles. The molecular weight excluding hydrogens is 232 g/mol. The average Bonchev–Trinajstić information content (AvgIpc) is 2.40. The molecule has 0 saturated heterocycles. The molecule has 1 radical (unpaired) electrons. The molecule has 2 aromatic rings. The van der Waals surface area contributed by atoms with Gasteiger partial charge in [-0.3, -0.25) is 0 Å². The van der Waals surface area contributed by atoms with Gasteiger partial charge in [0.05, 0.1) is 4.90 Å². The van der Waals surface area contributed by atoms with E-state index in [1.165, 1.54) is 0 Å². The second-order valence-electron chi connectivity index (χ2n) is 3.49. The molecule has 0 N–H and O–H groups in total. The van der Waals surface area contributed by atoms with Gasteiger partial charge in [0.2, 0.25) is 0 Å². The third kappa shape index (κ3) is 2.29. The van der Waals surface area contributed by atoms with Gasteiger partial charge in [-0.15, -0.1) is 0 Å². The van der Waals surface area contributed by atoms with E-state index in [4.69, 9.17) is 0 Å². The highest BCUT2D eigenvalue weighted by Crippen LogP contribution is 2.27. The molecule has 0 aromatic heterocycles. The fourth-order valence-corrected chi connectivity index (χ4v) is 2.49. The molecule has 0 amide bonds. The molecule has 0 aliphatic rings. The van der Waals surface area contributed by atoms with Crippen molar-refractivity contribution in [3.8, 4) is 11.1 Å². The highest BCUT2D eigenvalue weighted by atomic mass is 32.2. The van der Waals surface area contributed by atoms with Crippen molar-refractivity contribution < 1.29 is 8.42 Å². The Hall–Kier alpha value is -1.87. The van der Waals surface area contributed by atoms with Gasteiger partial charge in [0.1, 0.15) is 0 Å². The molecule has 17 heavy (non-hydrogen) atoms. The van der Waals surface area contributed by atoms with E-state index in [1.807, 2.05) is 30.3 Å². The highest BCUT2D eigenvalue weighted by molar-refractivity contribution is 7.94. The van der Waals surface area contributed by atoms with E-state index in [0.717, 1.165) is 11.0 Å². The topological polar surface area (TPSA) is 34.1 Å². The molecule has 2 aromatic carbocycles. The first-order chi connectivity index (χ1) is 8.15. The SMILES string of the molecule is C=CS(=O)(=O)c1ccc[c]c1-c1ccccc1. The van der Waals surface area contributed by atoms with Gasteiger partial charge >= 0.3 is 0 Å². The summed E-state index contributed by atoms with van der Waals surface area (Å²) in [6.07, 6.45) is 0. The van der Waals surface area contributed by atoms with Gasteiger partial charge < -0.3 is 0 Å². The molecule has 0 atom stereocenters. The summed E-state index contributed by atoms with van der Waals surface area (Å²) in [7, 11) is -3.44. The second-order valence-corrected chi connectivity index (χ2v) is 5.35. The lowest BCUT2D eigenvalue weighted by atomic mass is 10.1. The Morgan fingerprint density at radius 2 is 1.76 bits per heavy atom. The van der Waals surface area contributed by atoms with Crippen LogP contribution in [0, 0.1) is 6.07 Å². The Balaban J connectivity index is 2.69. The van der Waals surface area contributed by atoms with E-state index >= 15 is 0 Å². The first-order valence-corrected chi connectivity index (χ1v) is 6.63. The molecule has 85 valence electrons. The van der Waals surface area contributed by atoms with Crippen LogP contribution in [0.4, 0.5) is 0 Å². The minimum Gasteiger partial charge on any atom is -0.219 e. The van der Waals surface area contributed by atoms with Crippen molar-refractivity contribution in [2.75, 3.05) is 0 Å². The maximum absolute atomic E-state index is 11.9. The van der Waals surface area contributed by atoms with E-state index in [-0.39, 0.29) is 4.90 Å². The van der Waals surface area contributed by atoms with E-state index in [2.05, 4.69) is 12.6 Å². The zero-order valence-corrected chi connectivity index (χ0v) is 9.94. The van der Waals surface area contributed by atoms with E-state index < -0.39 is 9.84 Å². The minimum absolute atomic E-state index is 0.237. The Labute approximate surface area is 101 Å². The first kappa shape index (κ1) is 11.6. The van der Waals surface area contributed by atoms with Crippen molar-refractivity contribution in [3.05, 3.63) is 66.6 Å². The lowest BCUT2D eigenvalue weighted by Gasteiger charge is -2.07. The zero-order chi connectivity index (χ0) is 12.3. The van der Waals surface area contributed by atoms with Crippen LogP contribution >= 0.6 is 0 Å². The molecule has 0 unspecified atom stereocenters. The maximum Gasteiger partial charge on any atom is 0.199 e. The summed E-state index contributed by atoms with van der Waals surface area (Å²) in [6, 6.07) is 17.2. The molecule has 0 aliphatic heterocycles. The van der Waals surface area contributed by atoms with Crippen molar-refractivity contribution in [1.82, 2.24) is 0 Å². The summed E-state index contributed by atoms with van der Waals surface area (Å²) >= 11 is 0. The monoisotopic (exact) mass is 243 g/mol. The molecule has 3 heteroatoms. The van der Waals surface area contributed by atoms with Crippen LogP contribution in [-0.2, 0) is 9.84 Å². The Morgan fingerprint density at radius 1 is 1.06 bits per heavy atom. The van der Waals surface area contributed by atoms with E-state index in [0.29, 0.717) is 5.56 Å². The summed E-state index contributed by atoms with van der Waals surface area (Å²) in [5.41, 5.74) is 1.40. The van der Waals surface area contributed by atoms with E-state index in [1.54, 1.807) is 18.2 Å². The van der Waals surface area contributed by atoms with Crippen LogP contribution in [0.25, 0.3) is 11.1 Å². The average molecular weight is 243 g/mol. The van der Waals surface area contributed by atoms with Crippen LogP contribution in [0.3, 0.4) is 0 Å². The number of sulfone groups is 1. The quantitative estimate of drug-likeness (QED) is 0.830. The van der Waals surface area contributed by atoms with Crippen molar-refractivity contribution in [2.24, 2.45) is 0 Å². The van der Waals surface area contributed by atoms with Crippen LogP contribution in [0.15, 0.2) is 65.4 Å². The summed E-state index contributed by atoms with van der Waals surface area (Å²) in [5, 5.41) is 0.961. The normalized spacial score (nSPS) is 11.1. The predicted molar refractivity (Wildman–Crippen MR) is 68.1 cm³/mol. The Bertz CT molecular complexity index is 628. The van der Waals surface area contributed by atoms with Crippen molar-refractivity contribution in [2.45, 2.75) is 4.90 Å². The largest absolute Gasteiger partial charge is 0.219 e. The van der Waals surface area contributed by atoms with Gasteiger partial charge in [-0.2, -0.15) is 0 Å². The van der Waals surface area contributed by atoms with Crippen LogP contribution in [0.5, 0.6) is 0 Å². The van der Waals surface area contributed by atoms with Crippen LogP contribution in [-0.4, -0.2) is 8.42 Å². The van der Waals surface area contributed by atoms with Gasteiger partial charge in [-0.25, -0.2) is 8.42 Å². The smallest absolute Gasteiger partial charge is 0.199 e. The lowest BCUT2D eigenvalue weighted by molar-refractivity contribution is 0.605. The number of benzene rings is 2. The molecule has 0 fully saturated rings. The molecule has 0 spiro atoms. The Kier molecular flexibility index (Phi) is 3.11. The van der Waals surface area contributed by atoms with Gasteiger partial charge in [0.25, 0.3) is 0 Å². The highest BCUT2D eigenvalue weighted by Gasteiger charge is 2.15. The third-order valence-electron chi connectivity index (χ3n) is 2.41. The van der Waals surface area contributed by atoms with Crippen LogP contribution < -0.4 is 0 Å². The summed E-state index contributed by atoms with van der Waals surface area (Å²) in [4.78, 5) is 0.237. The first-order valence-electron chi connectivity index (χ1n) is 5.09. The molecule has 0 aliphatic carbocycles. The molecular formula is C14H11O2S. The van der Waals surface area contributed by atoms with Gasteiger partial charge in [0, 0.05) is 11.0 Å². The number of hydrogen-bond donors (Lipinski definition) is 0. The molecule has 0 bridgehead atoms. The molecule has 2 rings (SSSR count). The summed E-state index contributed by atoms with van der Waals surface area (Å²) in [6.45, 7) is 3.34. The van der Waals surface area contributed by atoms with Crippen LogP contribution in [0.1, 0.15) is 0 Å². The fourth-order valence-electron chi connectivity index (χ4n) is 1.58. The van der Waals surface area contributed by atoms with Crippen molar-refractivity contribution in [1.29, 1.82) is 0 Å². The third-order valence-corrected chi connectivity index (χ3v) is 3.80. The summed E-state index contributed by atoms with van der Waals surface area (Å²) in [5.74, 6) is 0. The molecule has 2 nitrogen and oxygen atoms in total. The lowest BCUT2D eigenvalue weighted by Crippen LogP contribution is -1.98. The number of hydrogen-bond acceptors (Lipinski definition) is 2. The summed E-state index contributed by atoms with van der Waals surface area (Å²) < 4.78 is 23.7.